The largest absolute Gasteiger partial charge is 0.390 e. The van der Waals surface area contributed by atoms with Gasteiger partial charge in [0.2, 0.25) is 5.95 Å². The van der Waals surface area contributed by atoms with Gasteiger partial charge in [-0.25, -0.2) is 4.98 Å². The van der Waals surface area contributed by atoms with E-state index in [4.69, 9.17) is 5.73 Å². The zero-order valence-electron chi connectivity index (χ0n) is 11.7. The highest BCUT2D eigenvalue weighted by Gasteiger charge is 2.31. The summed E-state index contributed by atoms with van der Waals surface area (Å²) in [5, 5.41) is 3.32. The van der Waals surface area contributed by atoms with E-state index in [1.54, 1.807) is 0 Å². The highest BCUT2D eigenvalue weighted by atomic mass is 15.2. The first-order valence-corrected chi connectivity index (χ1v) is 7.61. The Morgan fingerprint density at radius 1 is 1.20 bits per heavy atom. The minimum absolute atomic E-state index is 0.425. The fourth-order valence-corrected chi connectivity index (χ4v) is 3.73. The number of rotatable bonds is 2. The minimum Gasteiger partial charge on any atom is -0.390 e. The molecule has 0 amide bonds. The molecule has 3 aliphatic rings. The molecule has 5 nitrogen and oxygen atoms in total. The summed E-state index contributed by atoms with van der Waals surface area (Å²) in [5.74, 6) is 2.66. The summed E-state index contributed by atoms with van der Waals surface area (Å²) < 4.78 is 0. The van der Waals surface area contributed by atoms with Crippen LogP contribution in [0.25, 0.3) is 0 Å². The van der Waals surface area contributed by atoms with E-state index >= 15 is 0 Å². The second-order valence-electron chi connectivity index (χ2n) is 6.20. The van der Waals surface area contributed by atoms with Crippen LogP contribution in [0.5, 0.6) is 0 Å². The van der Waals surface area contributed by atoms with Gasteiger partial charge in [-0.2, -0.15) is 4.98 Å². The van der Waals surface area contributed by atoms with E-state index in [-0.39, 0.29) is 0 Å². The molecule has 106 valence electrons. The molecule has 20 heavy (non-hydrogen) atoms. The maximum atomic E-state index is 5.93. The molecule has 0 radical (unpaired) electrons. The van der Waals surface area contributed by atoms with Crippen LogP contribution in [0.2, 0.25) is 0 Å². The summed E-state index contributed by atoms with van der Waals surface area (Å²) in [5.41, 5.74) is 8.57. The van der Waals surface area contributed by atoms with Gasteiger partial charge in [-0.1, -0.05) is 12.8 Å². The Hall–Kier alpha value is -1.78. The second-order valence-corrected chi connectivity index (χ2v) is 6.20. The molecule has 1 saturated heterocycles. The third-order valence-corrected chi connectivity index (χ3v) is 4.84. The molecule has 0 spiro atoms. The predicted octanol–water partition coefficient (Wildman–Crippen LogP) is 1.64. The normalized spacial score (nSPS) is 25.7. The summed E-state index contributed by atoms with van der Waals surface area (Å²) in [6.07, 6.45) is 7.27. The van der Waals surface area contributed by atoms with Gasteiger partial charge < -0.3 is 16.0 Å². The Morgan fingerprint density at radius 3 is 2.85 bits per heavy atom. The molecule has 0 bridgehead atoms. The van der Waals surface area contributed by atoms with Gasteiger partial charge in [0, 0.05) is 37.5 Å². The summed E-state index contributed by atoms with van der Waals surface area (Å²) in [6.45, 7) is 3.07. The molecule has 1 saturated carbocycles. The fourth-order valence-electron chi connectivity index (χ4n) is 3.73. The molecule has 0 aromatic carbocycles. The van der Waals surface area contributed by atoms with Crippen LogP contribution >= 0.6 is 0 Å². The monoisotopic (exact) mass is 271 g/mol. The summed E-state index contributed by atoms with van der Waals surface area (Å²) in [6, 6.07) is 2.17. The van der Waals surface area contributed by atoms with Crippen molar-refractivity contribution in [2.75, 3.05) is 30.3 Å². The highest BCUT2D eigenvalue weighted by molar-refractivity contribution is 5.49. The van der Waals surface area contributed by atoms with Crippen molar-refractivity contribution in [1.29, 1.82) is 0 Å². The molecule has 3 N–H and O–H groups in total. The topological polar surface area (TPSA) is 67.1 Å². The van der Waals surface area contributed by atoms with Crippen LogP contribution in [-0.4, -0.2) is 29.6 Å². The molecule has 1 unspecified atom stereocenters. The van der Waals surface area contributed by atoms with E-state index < -0.39 is 0 Å². The van der Waals surface area contributed by atoms with E-state index in [9.17, 15) is 0 Å². The molecular weight excluding hydrogens is 250 g/mol. The van der Waals surface area contributed by atoms with Crippen LogP contribution in [0.3, 0.4) is 0 Å². The van der Waals surface area contributed by atoms with Gasteiger partial charge in [0.15, 0.2) is 0 Å². The molecule has 2 aliphatic heterocycles. The van der Waals surface area contributed by atoms with E-state index in [1.807, 2.05) is 0 Å². The van der Waals surface area contributed by atoms with Crippen LogP contribution in [0.1, 0.15) is 37.3 Å². The maximum absolute atomic E-state index is 5.93. The van der Waals surface area contributed by atoms with Gasteiger partial charge in [-0.05, 0) is 24.6 Å². The van der Waals surface area contributed by atoms with Crippen molar-refractivity contribution in [3.05, 3.63) is 23.5 Å². The van der Waals surface area contributed by atoms with Gasteiger partial charge >= 0.3 is 0 Å². The van der Waals surface area contributed by atoms with E-state index in [1.165, 1.54) is 31.3 Å². The number of anilines is 2. The Morgan fingerprint density at radius 2 is 2.05 bits per heavy atom. The van der Waals surface area contributed by atoms with Crippen LogP contribution in [-0.2, 0) is 0 Å². The third-order valence-electron chi connectivity index (χ3n) is 4.84. The first-order valence-electron chi connectivity index (χ1n) is 7.61. The van der Waals surface area contributed by atoms with Gasteiger partial charge in [0.25, 0.3) is 0 Å². The average molecular weight is 271 g/mol. The van der Waals surface area contributed by atoms with Crippen LogP contribution < -0.4 is 16.0 Å². The van der Waals surface area contributed by atoms with Crippen molar-refractivity contribution in [3.63, 3.8) is 0 Å². The Kier molecular flexibility index (Phi) is 2.79. The maximum Gasteiger partial charge on any atom is 0.222 e. The quantitative estimate of drug-likeness (QED) is 0.856. The molecule has 1 aromatic rings. The highest BCUT2D eigenvalue weighted by Crippen LogP contribution is 2.35. The van der Waals surface area contributed by atoms with E-state index in [0.717, 1.165) is 31.1 Å². The summed E-state index contributed by atoms with van der Waals surface area (Å²) in [7, 11) is 0. The lowest BCUT2D eigenvalue weighted by molar-refractivity contribution is 0.671. The summed E-state index contributed by atoms with van der Waals surface area (Å²) >= 11 is 0. The first kappa shape index (κ1) is 12.0. The average Bonchev–Trinajstić information content (AvgIpc) is 3.14. The lowest BCUT2D eigenvalue weighted by Crippen LogP contribution is -2.24. The number of nitrogens with two attached hydrogens (primary N) is 1. The SMILES string of the molecule is Nc1nc(C2CCCC2)cc(N2CC3=CNCC3C2)n1. The molecule has 1 aromatic heterocycles. The van der Waals surface area contributed by atoms with Gasteiger partial charge in [0.05, 0.1) is 5.69 Å². The molecule has 4 rings (SSSR count). The zero-order valence-corrected chi connectivity index (χ0v) is 11.7. The lowest BCUT2D eigenvalue weighted by atomic mass is 10.0. The predicted molar refractivity (Wildman–Crippen MR) is 79.4 cm³/mol. The second kappa shape index (κ2) is 4.65. The van der Waals surface area contributed by atoms with Crippen molar-refractivity contribution >= 4 is 11.8 Å². The molecule has 1 atom stereocenters. The van der Waals surface area contributed by atoms with Crippen molar-refractivity contribution in [2.45, 2.75) is 31.6 Å². The van der Waals surface area contributed by atoms with Crippen LogP contribution in [0.4, 0.5) is 11.8 Å². The van der Waals surface area contributed by atoms with Crippen LogP contribution in [0.15, 0.2) is 17.8 Å². The lowest BCUT2D eigenvalue weighted by Gasteiger charge is -2.19. The number of nitrogens with one attached hydrogen (secondary N) is 1. The first-order chi connectivity index (χ1) is 9.79. The standard InChI is InChI=1S/C15H21N5/c16-15-18-13(10-3-1-2-4-10)5-14(19-15)20-8-11-6-17-7-12(11)9-20/h5-6,10,12,17H,1-4,7-9H2,(H2,16,18,19). The Balaban J connectivity index is 1.61. The van der Waals surface area contributed by atoms with Gasteiger partial charge in [-0.3, -0.25) is 0 Å². The van der Waals surface area contributed by atoms with Crippen LogP contribution in [0, 0.1) is 5.92 Å². The smallest absolute Gasteiger partial charge is 0.222 e. The summed E-state index contributed by atoms with van der Waals surface area (Å²) in [4.78, 5) is 11.3. The minimum atomic E-state index is 0.425. The van der Waals surface area contributed by atoms with E-state index in [0.29, 0.717) is 17.8 Å². The Bertz CT molecular complexity index is 547. The molecule has 5 heteroatoms. The van der Waals surface area contributed by atoms with E-state index in [2.05, 4.69) is 32.5 Å². The molecule has 1 aliphatic carbocycles. The van der Waals surface area contributed by atoms with Crippen molar-refractivity contribution in [3.8, 4) is 0 Å². The number of hydrogen-bond acceptors (Lipinski definition) is 5. The molecule has 3 heterocycles. The van der Waals surface area contributed by atoms with Crippen molar-refractivity contribution in [2.24, 2.45) is 5.92 Å². The molecule has 2 fully saturated rings. The van der Waals surface area contributed by atoms with Gasteiger partial charge in [0.1, 0.15) is 5.82 Å². The Labute approximate surface area is 119 Å². The number of nitrogen functional groups attached to an aromatic ring is 1. The number of fused-ring (bicyclic) bond motifs is 1. The number of aromatic nitrogens is 2. The fraction of sp³-hybridized carbons (Fsp3) is 0.600. The van der Waals surface area contributed by atoms with Crippen molar-refractivity contribution < 1.29 is 0 Å². The molecular formula is C15H21N5. The number of nitrogens with zero attached hydrogens (tertiary/aromatic N) is 3. The third kappa shape index (κ3) is 2.01. The zero-order chi connectivity index (χ0) is 13.5. The number of hydrogen-bond donors (Lipinski definition) is 2. The van der Waals surface area contributed by atoms with Crippen molar-refractivity contribution in [1.82, 2.24) is 15.3 Å². The van der Waals surface area contributed by atoms with Gasteiger partial charge in [-0.15, -0.1) is 0 Å².